The highest BCUT2D eigenvalue weighted by molar-refractivity contribution is 7.26. The van der Waals surface area contributed by atoms with E-state index in [1.165, 1.54) is 40.3 Å². The number of thiophene rings is 2. The molecule has 0 aliphatic heterocycles. The molecule has 6 nitrogen and oxygen atoms in total. The van der Waals surface area contributed by atoms with E-state index in [0.29, 0.717) is 11.1 Å². The molecule has 8 heteroatoms. The van der Waals surface area contributed by atoms with Gasteiger partial charge in [-0.15, -0.1) is 22.7 Å². The van der Waals surface area contributed by atoms with E-state index in [-0.39, 0.29) is 0 Å². The predicted molar refractivity (Wildman–Crippen MR) is 250 cm³/mol. The molecule has 0 fully saturated rings. The van der Waals surface area contributed by atoms with Crippen LogP contribution in [0, 0.1) is 22.7 Å². The lowest BCUT2D eigenvalue weighted by molar-refractivity contribution is 1.28. The molecular weight excluding hydrogens is 773 g/mol. The zero-order valence-electron chi connectivity index (χ0n) is 31.7. The number of nitriles is 2. The minimum atomic E-state index is 0.607. The molecule has 60 heavy (non-hydrogen) atoms. The Morgan fingerprint density at radius 2 is 0.800 bits per heavy atom. The zero-order valence-corrected chi connectivity index (χ0v) is 33.3. The maximum Gasteiger partial charge on any atom is 0.0991 e. The molecule has 12 rings (SSSR count). The lowest BCUT2D eigenvalue weighted by Gasteiger charge is -2.27. The topological polar surface area (TPSA) is 79.8 Å². The highest BCUT2D eigenvalue weighted by Gasteiger charge is 2.21. The van der Waals surface area contributed by atoms with Crippen molar-refractivity contribution in [2.75, 3.05) is 9.80 Å². The van der Waals surface area contributed by atoms with Crippen molar-refractivity contribution in [3.63, 3.8) is 0 Å². The third kappa shape index (κ3) is 5.37. The lowest BCUT2D eigenvalue weighted by Crippen LogP contribution is -2.11. The Bertz CT molecular complexity index is 3450. The maximum absolute atomic E-state index is 9.62. The minimum absolute atomic E-state index is 0.607. The number of benzene rings is 8. The van der Waals surface area contributed by atoms with Crippen molar-refractivity contribution in [3.8, 4) is 12.1 Å². The molecule has 0 aliphatic rings. The molecule has 8 aromatic carbocycles. The van der Waals surface area contributed by atoms with Crippen molar-refractivity contribution < 1.29 is 0 Å². The smallest absolute Gasteiger partial charge is 0.0991 e. The van der Waals surface area contributed by atoms with Gasteiger partial charge in [-0.05, 0) is 109 Å². The van der Waals surface area contributed by atoms with Crippen LogP contribution in [-0.2, 0) is 0 Å². The molecule has 0 saturated carbocycles. The SMILES string of the molecule is N#Cc1ccc(N(c2cc3cnc4cc(N(c5ccc(C#N)cc5)c5ccc6c(c5)sc5ccccc56)cc5ncc(c2)c3c45)c2ccc3c(c2)sc2ccccc23)cc1. The highest BCUT2D eigenvalue weighted by atomic mass is 32.1. The predicted octanol–water partition coefficient (Wildman–Crippen LogP) is 14.8. The first kappa shape index (κ1) is 34.2. The monoisotopic (exact) mass is 800 g/mol. The van der Waals surface area contributed by atoms with Gasteiger partial charge < -0.3 is 9.80 Å². The molecule has 4 aromatic heterocycles. The van der Waals surface area contributed by atoms with Gasteiger partial charge >= 0.3 is 0 Å². The first-order valence-electron chi connectivity index (χ1n) is 19.5. The summed E-state index contributed by atoms with van der Waals surface area (Å²) in [5.74, 6) is 0. The number of fused-ring (bicyclic) bond motifs is 6. The first-order valence-corrected chi connectivity index (χ1v) is 21.1. The van der Waals surface area contributed by atoms with Gasteiger partial charge in [-0.3, -0.25) is 9.97 Å². The molecule has 4 heterocycles. The number of anilines is 6. The van der Waals surface area contributed by atoms with Gasteiger partial charge in [0.25, 0.3) is 0 Å². The van der Waals surface area contributed by atoms with Gasteiger partial charge in [0.15, 0.2) is 0 Å². The Morgan fingerprint density at radius 3 is 1.27 bits per heavy atom. The summed E-state index contributed by atoms with van der Waals surface area (Å²) in [6.45, 7) is 0. The van der Waals surface area contributed by atoms with Crippen molar-refractivity contribution in [1.82, 2.24) is 9.97 Å². The summed E-state index contributed by atoms with van der Waals surface area (Å²) in [6.07, 6.45) is 3.94. The second-order valence-corrected chi connectivity index (χ2v) is 17.1. The third-order valence-electron chi connectivity index (χ3n) is 11.5. The largest absolute Gasteiger partial charge is 0.310 e. The summed E-state index contributed by atoms with van der Waals surface area (Å²) in [5.41, 5.74) is 8.73. The van der Waals surface area contributed by atoms with E-state index in [1.54, 1.807) is 22.7 Å². The quantitative estimate of drug-likeness (QED) is 0.156. The number of aromatic nitrogens is 2. The van der Waals surface area contributed by atoms with E-state index in [9.17, 15) is 10.5 Å². The summed E-state index contributed by atoms with van der Waals surface area (Å²) >= 11 is 3.59. The molecule has 0 radical (unpaired) electrons. The van der Waals surface area contributed by atoms with Crippen LogP contribution in [0.4, 0.5) is 34.1 Å². The molecule has 0 N–H and O–H groups in total. The fourth-order valence-corrected chi connectivity index (χ4v) is 11.0. The van der Waals surface area contributed by atoms with Crippen LogP contribution < -0.4 is 9.80 Å². The second kappa shape index (κ2) is 13.3. The van der Waals surface area contributed by atoms with Gasteiger partial charge in [0.1, 0.15) is 0 Å². The average Bonchev–Trinajstić information content (AvgIpc) is 3.86. The zero-order chi connectivity index (χ0) is 39.9. The molecule has 278 valence electrons. The third-order valence-corrected chi connectivity index (χ3v) is 13.7. The Balaban J connectivity index is 1.01. The van der Waals surface area contributed by atoms with Gasteiger partial charge in [-0.2, -0.15) is 10.5 Å². The number of hydrogen-bond acceptors (Lipinski definition) is 8. The molecule has 0 saturated heterocycles. The van der Waals surface area contributed by atoms with E-state index in [0.717, 1.165) is 66.7 Å². The Labute approximate surface area is 351 Å². The normalized spacial score (nSPS) is 11.6. The second-order valence-electron chi connectivity index (χ2n) is 14.9. The van der Waals surface area contributed by atoms with Crippen LogP contribution in [0.2, 0.25) is 0 Å². The number of pyridine rings is 2. The molecule has 0 aliphatic carbocycles. The van der Waals surface area contributed by atoms with Crippen molar-refractivity contribution in [2.45, 2.75) is 0 Å². The molecule has 0 unspecified atom stereocenters. The van der Waals surface area contributed by atoms with E-state index < -0.39 is 0 Å². The van der Waals surface area contributed by atoms with Crippen LogP contribution in [0.3, 0.4) is 0 Å². The van der Waals surface area contributed by atoms with Crippen molar-refractivity contribution in [3.05, 3.63) is 181 Å². The van der Waals surface area contributed by atoms with Crippen LogP contribution in [0.15, 0.2) is 170 Å². The van der Waals surface area contributed by atoms with Crippen molar-refractivity contribution in [2.24, 2.45) is 0 Å². The van der Waals surface area contributed by atoms with Crippen LogP contribution >= 0.6 is 22.7 Å². The van der Waals surface area contributed by atoms with Gasteiger partial charge in [-0.1, -0.05) is 48.5 Å². The lowest BCUT2D eigenvalue weighted by atomic mass is 9.99. The Morgan fingerprint density at radius 1 is 0.383 bits per heavy atom. The fraction of sp³-hybridized carbons (Fsp3) is 0. The summed E-state index contributed by atoms with van der Waals surface area (Å²) in [5, 5.41) is 28.4. The standard InChI is InChI=1S/C52H28N6S2/c53-27-31-9-13-35(14-10-31)57(37-17-19-43-41-5-1-3-7-47(41)59-49(43)25-37)39-21-33-29-55-45-23-40(24-46-52(45)51(33)34(22-39)30-56-46)58(36-15-11-32(28-54)12-16-36)38-18-20-44-42-6-2-4-8-48(42)60-50(44)26-38/h1-26,29-30H. The van der Waals surface area contributed by atoms with Crippen LogP contribution in [-0.4, -0.2) is 9.97 Å². The maximum atomic E-state index is 9.62. The molecular formula is C52H28N6S2. The first-order chi connectivity index (χ1) is 29.6. The van der Waals surface area contributed by atoms with Crippen LogP contribution in [0.25, 0.3) is 72.9 Å². The van der Waals surface area contributed by atoms with Gasteiger partial charge in [-0.25, -0.2) is 0 Å². The number of hydrogen-bond donors (Lipinski definition) is 0. The Hall–Kier alpha value is -7.88. The van der Waals surface area contributed by atoms with Gasteiger partial charge in [0.2, 0.25) is 0 Å². The minimum Gasteiger partial charge on any atom is -0.310 e. The van der Waals surface area contributed by atoms with E-state index >= 15 is 0 Å². The number of rotatable bonds is 6. The molecule has 12 aromatic rings. The van der Waals surface area contributed by atoms with E-state index in [4.69, 9.17) is 9.97 Å². The van der Waals surface area contributed by atoms with E-state index in [1.807, 2.05) is 60.9 Å². The number of nitrogens with zero attached hydrogens (tertiary/aromatic N) is 6. The highest BCUT2D eigenvalue weighted by Crippen LogP contribution is 2.46. The van der Waals surface area contributed by atoms with Crippen LogP contribution in [0.5, 0.6) is 0 Å². The average molecular weight is 801 g/mol. The summed E-state index contributed by atoms with van der Waals surface area (Å²) < 4.78 is 4.93. The molecule has 0 atom stereocenters. The molecule has 0 amide bonds. The van der Waals surface area contributed by atoms with Gasteiger partial charge in [0.05, 0.1) is 40.0 Å². The van der Waals surface area contributed by atoms with Gasteiger partial charge in [0, 0.05) is 103 Å². The summed E-state index contributed by atoms with van der Waals surface area (Å²) in [7, 11) is 0. The molecule has 0 spiro atoms. The fourth-order valence-electron chi connectivity index (χ4n) is 8.73. The molecule has 0 bridgehead atoms. The Kier molecular flexibility index (Phi) is 7.60. The summed E-state index contributed by atoms with van der Waals surface area (Å²) in [4.78, 5) is 14.7. The summed E-state index contributed by atoms with van der Waals surface area (Å²) in [6, 6.07) is 59.1. The van der Waals surface area contributed by atoms with Crippen LogP contribution in [0.1, 0.15) is 11.1 Å². The van der Waals surface area contributed by atoms with Crippen molar-refractivity contribution in [1.29, 1.82) is 10.5 Å². The van der Waals surface area contributed by atoms with Crippen molar-refractivity contribution >= 4 is 130 Å². The van der Waals surface area contributed by atoms with E-state index in [2.05, 4.69) is 131 Å².